The monoisotopic (exact) mass is 327 g/mol. The van der Waals surface area contributed by atoms with Gasteiger partial charge in [-0.25, -0.2) is 0 Å². The summed E-state index contributed by atoms with van der Waals surface area (Å²) >= 11 is 0. The van der Waals surface area contributed by atoms with Crippen molar-refractivity contribution in [1.82, 2.24) is 16.0 Å². The molecule has 0 saturated carbocycles. The predicted molar refractivity (Wildman–Crippen MR) is 96.7 cm³/mol. The highest BCUT2D eigenvalue weighted by molar-refractivity contribution is 5.87. The standard InChI is InChI=1S/C19H25N3O2/c1-13(2)22-19(24)12-21-18(23)11-20-14(3)16-10-6-8-15-7-4-5-9-17(15)16/h4-10,13-14,20H,11-12H2,1-3H3,(H,21,23)(H,22,24)/t14-/m0/s1. The van der Waals surface area contributed by atoms with Gasteiger partial charge in [0.1, 0.15) is 0 Å². The first-order valence-electron chi connectivity index (χ1n) is 8.24. The van der Waals surface area contributed by atoms with Crippen LogP contribution in [-0.4, -0.2) is 30.9 Å². The minimum absolute atomic E-state index is 0.00133. The van der Waals surface area contributed by atoms with Crippen LogP contribution in [0.3, 0.4) is 0 Å². The molecule has 2 aromatic rings. The smallest absolute Gasteiger partial charge is 0.239 e. The van der Waals surface area contributed by atoms with Crippen molar-refractivity contribution in [3.63, 3.8) is 0 Å². The Morgan fingerprint density at radius 1 is 0.917 bits per heavy atom. The van der Waals surface area contributed by atoms with Crippen molar-refractivity contribution in [3.05, 3.63) is 48.0 Å². The maximum absolute atomic E-state index is 11.9. The molecule has 0 radical (unpaired) electrons. The summed E-state index contributed by atoms with van der Waals surface area (Å²) in [5.74, 6) is -0.374. The summed E-state index contributed by atoms with van der Waals surface area (Å²) in [6.07, 6.45) is 0. The fourth-order valence-electron chi connectivity index (χ4n) is 2.60. The summed E-state index contributed by atoms with van der Waals surface area (Å²) in [4.78, 5) is 23.4. The highest BCUT2D eigenvalue weighted by Crippen LogP contribution is 2.23. The zero-order valence-electron chi connectivity index (χ0n) is 14.4. The van der Waals surface area contributed by atoms with Crippen LogP contribution in [0.5, 0.6) is 0 Å². The Labute approximate surface area is 142 Å². The first kappa shape index (κ1) is 17.9. The average molecular weight is 327 g/mol. The van der Waals surface area contributed by atoms with Gasteiger partial charge in [-0.2, -0.15) is 0 Å². The number of fused-ring (bicyclic) bond motifs is 1. The van der Waals surface area contributed by atoms with Crippen LogP contribution in [0.1, 0.15) is 32.4 Å². The minimum atomic E-state index is -0.194. The van der Waals surface area contributed by atoms with Gasteiger partial charge in [-0.3, -0.25) is 9.59 Å². The Hall–Kier alpha value is -2.40. The summed E-state index contributed by atoms with van der Waals surface area (Å²) in [5, 5.41) is 10.9. The highest BCUT2D eigenvalue weighted by atomic mass is 16.2. The van der Waals surface area contributed by atoms with E-state index in [1.165, 1.54) is 10.8 Å². The van der Waals surface area contributed by atoms with E-state index in [0.29, 0.717) is 0 Å². The number of amides is 2. The molecule has 5 heteroatoms. The van der Waals surface area contributed by atoms with E-state index in [-0.39, 0.29) is 37.0 Å². The lowest BCUT2D eigenvalue weighted by Crippen LogP contribution is -2.42. The molecule has 0 aromatic heterocycles. The van der Waals surface area contributed by atoms with Gasteiger partial charge in [0.05, 0.1) is 13.1 Å². The van der Waals surface area contributed by atoms with Gasteiger partial charge in [-0.15, -0.1) is 0 Å². The second-order valence-electron chi connectivity index (χ2n) is 6.17. The number of hydrogen-bond acceptors (Lipinski definition) is 3. The zero-order chi connectivity index (χ0) is 17.5. The van der Waals surface area contributed by atoms with E-state index in [1.54, 1.807) is 0 Å². The van der Waals surface area contributed by atoms with Gasteiger partial charge in [-0.1, -0.05) is 42.5 Å². The Balaban J connectivity index is 1.87. The van der Waals surface area contributed by atoms with Gasteiger partial charge in [0.2, 0.25) is 11.8 Å². The van der Waals surface area contributed by atoms with Crippen LogP contribution in [0.25, 0.3) is 10.8 Å². The molecule has 0 unspecified atom stereocenters. The number of hydrogen-bond donors (Lipinski definition) is 3. The van der Waals surface area contributed by atoms with Crippen molar-refractivity contribution in [2.24, 2.45) is 0 Å². The number of carbonyl (C=O) groups excluding carboxylic acids is 2. The molecular formula is C19H25N3O2. The molecule has 0 heterocycles. The lowest BCUT2D eigenvalue weighted by Gasteiger charge is -2.16. The fourth-order valence-corrected chi connectivity index (χ4v) is 2.60. The molecule has 0 spiro atoms. The van der Waals surface area contributed by atoms with Gasteiger partial charge in [0.25, 0.3) is 0 Å². The fraction of sp³-hybridized carbons (Fsp3) is 0.368. The molecule has 3 N–H and O–H groups in total. The van der Waals surface area contributed by atoms with Crippen molar-refractivity contribution in [1.29, 1.82) is 0 Å². The van der Waals surface area contributed by atoms with Crippen LogP contribution < -0.4 is 16.0 Å². The maximum Gasteiger partial charge on any atom is 0.239 e. The maximum atomic E-state index is 11.9. The average Bonchev–Trinajstić information content (AvgIpc) is 2.56. The molecule has 128 valence electrons. The SMILES string of the molecule is CC(C)NC(=O)CNC(=O)CN[C@@H](C)c1cccc2ccccc12. The molecule has 2 rings (SSSR count). The van der Waals surface area contributed by atoms with Gasteiger partial charge in [0, 0.05) is 12.1 Å². The number of benzene rings is 2. The van der Waals surface area contributed by atoms with Crippen LogP contribution >= 0.6 is 0 Å². The number of carbonyl (C=O) groups is 2. The molecule has 5 nitrogen and oxygen atoms in total. The summed E-state index contributed by atoms with van der Waals surface area (Å²) in [6.45, 7) is 5.96. The van der Waals surface area contributed by atoms with Crippen LogP contribution in [0.2, 0.25) is 0 Å². The molecule has 0 aliphatic carbocycles. The molecule has 0 saturated heterocycles. The summed E-state index contributed by atoms with van der Waals surface area (Å²) < 4.78 is 0. The van der Waals surface area contributed by atoms with Crippen LogP contribution in [0, 0.1) is 0 Å². The molecule has 0 bridgehead atoms. The van der Waals surface area contributed by atoms with E-state index in [4.69, 9.17) is 0 Å². The molecule has 2 aromatic carbocycles. The van der Waals surface area contributed by atoms with Gasteiger partial charge in [-0.05, 0) is 37.1 Å². The second-order valence-corrected chi connectivity index (χ2v) is 6.17. The topological polar surface area (TPSA) is 70.2 Å². The molecule has 1 atom stereocenters. The van der Waals surface area contributed by atoms with E-state index in [0.717, 1.165) is 5.56 Å². The first-order chi connectivity index (χ1) is 11.5. The zero-order valence-corrected chi connectivity index (χ0v) is 14.4. The third kappa shape index (κ3) is 5.06. The lowest BCUT2D eigenvalue weighted by molar-refractivity contribution is -0.125. The molecule has 0 aliphatic rings. The van der Waals surface area contributed by atoms with E-state index < -0.39 is 0 Å². The van der Waals surface area contributed by atoms with Crippen LogP contribution in [0.15, 0.2) is 42.5 Å². The van der Waals surface area contributed by atoms with Crippen LogP contribution in [0.4, 0.5) is 0 Å². The summed E-state index contributed by atoms with van der Waals surface area (Å²) in [5.41, 5.74) is 1.15. The number of rotatable bonds is 7. The highest BCUT2D eigenvalue weighted by Gasteiger charge is 2.11. The van der Waals surface area contributed by atoms with Crippen LogP contribution in [-0.2, 0) is 9.59 Å². The Bertz CT molecular complexity index is 707. The minimum Gasteiger partial charge on any atom is -0.352 e. The first-order valence-corrected chi connectivity index (χ1v) is 8.24. The molecule has 2 amide bonds. The molecular weight excluding hydrogens is 302 g/mol. The van der Waals surface area contributed by atoms with E-state index >= 15 is 0 Å². The Kier molecular flexibility index (Phi) is 6.32. The summed E-state index contributed by atoms with van der Waals surface area (Å²) in [7, 11) is 0. The normalized spacial score (nSPS) is 12.2. The summed E-state index contributed by atoms with van der Waals surface area (Å²) in [6, 6.07) is 14.4. The van der Waals surface area contributed by atoms with E-state index in [1.807, 2.05) is 39.0 Å². The molecule has 0 fully saturated rings. The lowest BCUT2D eigenvalue weighted by atomic mass is 10.00. The Morgan fingerprint density at radius 3 is 2.38 bits per heavy atom. The molecule has 24 heavy (non-hydrogen) atoms. The Morgan fingerprint density at radius 2 is 1.62 bits per heavy atom. The quantitative estimate of drug-likeness (QED) is 0.730. The van der Waals surface area contributed by atoms with Crippen molar-refractivity contribution in [2.75, 3.05) is 13.1 Å². The van der Waals surface area contributed by atoms with Crippen molar-refractivity contribution < 1.29 is 9.59 Å². The predicted octanol–water partition coefficient (Wildman–Crippen LogP) is 2.13. The van der Waals surface area contributed by atoms with Crippen molar-refractivity contribution in [3.8, 4) is 0 Å². The van der Waals surface area contributed by atoms with E-state index in [2.05, 4.69) is 40.2 Å². The largest absolute Gasteiger partial charge is 0.352 e. The number of nitrogens with one attached hydrogen (secondary N) is 3. The second kappa shape index (κ2) is 8.45. The van der Waals surface area contributed by atoms with Gasteiger partial charge in [0.15, 0.2) is 0 Å². The van der Waals surface area contributed by atoms with Crippen molar-refractivity contribution >= 4 is 22.6 Å². The van der Waals surface area contributed by atoms with Gasteiger partial charge < -0.3 is 16.0 Å². The third-order valence-electron chi connectivity index (χ3n) is 3.75. The molecule has 0 aliphatic heterocycles. The third-order valence-corrected chi connectivity index (χ3v) is 3.75. The van der Waals surface area contributed by atoms with Gasteiger partial charge >= 0.3 is 0 Å². The van der Waals surface area contributed by atoms with E-state index in [9.17, 15) is 9.59 Å². The van der Waals surface area contributed by atoms with Crippen molar-refractivity contribution in [2.45, 2.75) is 32.9 Å².